The zero-order valence-corrected chi connectivity index (χ0v) is 13.6. The van der Waals surface area contributed by atoms with Crippen LogP contribution in [0.25, 0.3) is 0 Å². The summed E-state index contributed by atoms with van der Waals surface area (Å²) in [5.41, 5.74) is 2.40. The van der Waals surface area contributed by atoms with Crippen molar-refractivity contribution in [1.29, 1.82) is 0 Å². The number of ether oxygens (including phenoxy) is 1. The summed E-state index contributed by atoms with van der Waals surface area (Å²) >= 11 is 10.0. The van der Waals surface area contributed by atoms with E-state index < -0.39 is 0 Å². The summed E-state index contributed by atoms with van der Waals surface area (Å²) in [5, 5.41) is -0.334. The first-order valence-electron chi connectivity index (χ1n) is 6.35. The average molecular weight is 358 g/mol. The topological polar surface area (TPSA) is 9.23 Å². The van der Waals surface area contributed by atoms with Crippen molar-refractivity contribution in [1.82, 2.24) is 0 Å². The summed E-state index contributed by atoms with van der Waals surface area (Å²) in [6.07, 6.45) is 0. The summed E-state index contributed by atoms with van der Waals surface area (Å²) in [6, 6.07) is 10.6. The maximum Gasteiger partial charge on any atom is 0.126 e. The summed E-state index contributed by atoms with van der Waals surface area (Å²) in [5.74, 6) is 0.575. The molecule has 0 saturated carbocycles. The summed E-state index contributed by atoms with van der Waals surface area (Å²) in [4.78, 5) is 0. The van der Waals surface area contributed by atoms with Gasteiger partial charge in [-0.1, -0.05) is 34.1 Å². The number of hydrogen-bond donors (Lipinski definition) is 0. The van der Waals surface area contributed by atoms with Crippen molar-refractivity contribution < 1.29 is 9.13 Å². The maximum absolute atomic E-state index is 13.3. The van der Waals surface area contributed by atoms with Crippen molar-refractivity contribution in [3.63, 3.8) is 0 Å². The highest BCUT2D eigenvalue weighted by Crippen LogP contribution is 2.36. The van der Waals surface area contributed by atoms with E-state index in [2.05, 4.69) is 15.9 Å². The van der Waals surface area contributed by atoms with Gasteiger partial charge in [-0.05, 0) is 48.7 Å². The molecule has 2 aromatic carbocycles. The largest absolute Gasteiger partial charge is 0.494 e. The lowest BCUT2D eigenvalue weighted by atomic mass is 10.0. The number of hydrogen-bond acceptors (Lipinski definition) is 1. The molecule has 0 spiro atoms. The fraction of sp³-hybridized carbons (Fsp3) is 0.250. The average Bonchev–Trinajstić information content (AvgIpc) is 2.42. The van der Waals surface area contributed by atoms with Crippen LogP contribution in [0.5, 0.6) is 5.75 Å². The minimum atomic E-state index is -0.334. The van der Waals surface area contributed by atoms with Crippen molar-refractivity contribution in [2.45, 2.75) is 19.2 Å². The van der Waals surface area contributed by atoms with Crippen LogP contribution in [0.3, 0.4) is 0 Å². The van der Waals surface area contributed by atoms with E-state index in [4.69, 9.17) is 16.3 Å². The fourth-order valence-electron chi connectivity index (χ4n) is 1.97. The van der Waals surface area contributed by atoms with Crippen LogP contribution < -0.4 is 4.74 Å². The fourth-order valence-corrected chi connectivity index (χ4v) is 3.02. The molecular weight excluding hydrogens is 343 g/mol. The Bertz CT molecular complexity index is 615. The molecule has 0 heterocycles. The van der Waals surface area contributed by atoms with Gasteiger partial charge in [0.2, 0.25) is 0 Å². The van der Waals surface area contributed by atoms with Gasteiger partial charge < -0.3 is 4.74 Å². The van der Waals surface area contributed by atoms with Crippen LogP contribution in [0.2, 0.25) is 0 Å². The molecule has 0 radical (unpaired) electrons. The molecule has 106 valence electrons. The number of alkyl halides is 1. The van der Waals surface area contributed by atoms with Gasteiger partial charge in [-0.15, -0.1) is 11.6 Å². The van der Waals surface area contributed by atoms with Gasteiger partial charge in [0.15, 0.2) is 0 Å². The molecule has 0 N–H and O–H groups in total. The predicted octanol–water partition coefficient (Wildman–Crippen LogP) is 5.62. The summed E-state index contributed by atoms with van der Waals surface area (Å²) in [6.45, 7) is 4.29. The lowest BCUT2D eigenvalue weighted by molar-refractivity contribution is 0.340. The second-order valence-corrected chi connectivity index (χ2v) is 5.78. The summed E-state index contributed by atoms with van der Waals surface area (Å²) < 4.78 is 19.6. The monoisotopic (exact) mass is 356 g/mol. The molecule has 20 heavy (non-hydrogen) atoms. The first kappa shape index (κ1) is 15.3. The lowest BCUT2D eigenvalue weighted by Crippen LogP contribution is -1.98. The van der Waals surface area contributed by atoms with Gasteiger partial charge >= 0.3 is 0 Å². The smallest absolute Gasteiger partial charge is 0.126 e. The molecule has 4 heteroatoms. The normalized spacial score (nSPS) is 12.2. The van der Waals surface area contributed by atoms with Gasteiger partial charge in [0.05, 0.1) is 12.0 Å². The third-order valence-electron chi connectivity index (χ3n) is 3.03. The van der Waals surface area contributed by atoms with E-state index in [0.717, 1.165) is 21.3 Å². The van der Waals surface area contributed by atoms with Gasteiger partial charge in [-0.2, -0.15) is 0 Å². The number of halogens is 3. The molecule has 0 aliphatic rings. The van der Waals surface area contributed by atoms with E-state index in [-0.39, 0.29) is 11.2 Å². The van der Waals surface area contributed by atoms with Crippen molar-refractivity contribution >= 4 is 27.5 Å². The van der Waals surface area contributed by atoms with Crippen molar-refractivity contribution in [2.24, 2.45) is 0 Å². The van der Waals surface area contributed by atoms with Crippen LogP contribution in [0.4, 0.5) is 4.39 Å². The molecule has 0 bridgehead atoms. The molecule has 1 atom stereocenters. The molecule has 0 aromatic heterocycles. The minimum Gasteiger partial charge on any atom is -0.494 e. The highest BCUT2D eigenvalue weighted by Gasteiger charge is 2.15. The highest BCUT2D eigenvalue weighted by atomic mass is 79.9. The number of benzene rings is 2. The highest BCUT2D eigenvalue weighted by molar-refractivity contribution is 9.10. The Morgan fingerprint density at radius 3 is 2.60 bits per heavy atom. The molecule has 2 rings (SSSR count). The van der Waals surface area contributed by atoms with Gasteiger partial charge in [-0.3, -0.25) is 0 Å². The van der Waals surface area contributed by atoms with E-state index in [0.29, 0.717) is 12.2 Å². The van der Waals surface area contributed by atoms with Gasteiger partial charge in [0.25, 0.3) is 0 Å². The van der Waals surface area contributed by atoms with E-state index in [1.54, 1.807) is 19.1 Å². The molecule has 0 amide bonds. The van der Waals surface area contributed by atoms with Gasteiger partial charge in [0.1, 0.15) is 11.6 Å². The van der Waals surface area contributed by atoms with Crippen molar-refractivity contribution in [3.05, 3.63) is 63.4 Å². The molecule has 1 nitrogen and oxygen atoms in total. The van der Waals surface area contributed by atoms with Crippen LogP contribution in [0.15, 0.2) is 40.9 Å². The SMILES string of the molecule is CCOc1ccc(C(Cl)c2ccc(F)c(C)c2)c(Br)c1. The number of rotatable bonds is 4. The first-order chi connectivity index (χ1) is 9.52. The van der Waals surface area contributed by atoms with Crippen LogP contribution in [-0.4, -0.2) is 6.61 Å². The minimum absolute atomic E-state index is 0.219. The Balaban J connectivity index is 2.32. The second kappa shape index (κ2) is 6.59. The molecular formula is C16H15BrClFO. The predicted molar refractivity (Wildman–Crippen MR) is 84.1 cm³/mol. The van der Waals surface area contributed by atoms with Crippen molar-refractivity contribution in [3.8, 4) is 5.75 Å². The molecule has 0 fully saturated rings. The third kappa shape index (κ3) is 3.33. The first-order valence-corrected chi connectivity index (χ1v) is 7.58. The van der Waals surface area contributed by atoms with Crippen LogP contribution >= 0.6 is 27.5 Å². The Kier molecular flexibility index (Phi) is 5.06. The van der Waals surface area contributed by atoms with Gasteiger partial charge in [-0.25, -0.2) is 4.39 Å². The second-order valence-electron chi connectivity index (χ2n) is 4.49. The Morgan fingerprint density at radius 1 is 1.25 bits per heavy atom. The van der Waals surface area contributed by atoms with Crippen molar-refractivity contribution in [2.75, 3.05) is 6.61 Å². The van der Waals surface area contributed by atoms with Gasteiger partial charge in [0, 0.05) is 4.47 Å². The zero-order chi connectivity index (χ0) is 14.7. The maximum atomic E-state index is 13.3. The van der Waals surface area contributed by atoms with E-state index in [9.17, 15) is 4.39 Å². The number of aryl methyl sites for hydroxylation is 1. The zero-order valence-electron chi connectivity index (χ0n) is 11.3. The molecule has 2 aromatic rings. The van der Waals surface area contributed by atoms with Crippen LogP contribution in [0, 0.1) is 12.7 Å². The Morgan fingerprint density at radius 2 is 2.00 bits per heavy atom. The van der Waals surface area contributed by atoms with E-state index in [1.807, 2.05) is 25.1 Å². The third-order valence-corrected chi connectivity index (χ3v) is 4.20. The molecule has 0 saturated heterocycles. The Labute approximate surface area is 131 Å². The molecule has 1 unspecified atom stereocenters. The standard InChI is InChI=1S/C16H15BrClFO/c1-3-20-12-5-6-13(14(17)9-12)16(18)11-4-7-15(19)10(2)8-11/h4-9,16H,3H2,1-2H3. The summed E-state index contributed by atoms with van der Waals surface area (Å²) in [7, 11) is 0. The molecule has 0 aliphatic heterocycles. The molecule has 0 aliphatic carbocycles. The van der Waals surface area contributed by atoms with Crippen LogP contribution in [0.1, 0.15) is 29.0 Å². The van der Waals surface area contributed by atoms with Crippen LogP contribution in [-0.2, 0) is 0 Å². The lowest BCUT2D eigenvalue weighted by Gasteiger charge is -2.14. The van der Waals surface area contributed by atoms with E-state index >= 15 is 0 Å². The quantitative estimate of drug-likeness (QED) is 0.645. The Hall–Kier alpha value is -1.06. The van der Waals surface area contributed by atoms with E-state index in [1.165, 1.54) is 6.07 Å².